The van der Waals surface area contributed by atoms with Crippen LogP contribution in [0.5, 0.6) is 0 Å². The van der Waals surface area contributed by atoms with Crippen molar-refractivity contribution in [2.75, 3.05) is 26.2 Å². The van der Waals surface area contributed by atoms with E-state index in [0.717, 1.165) is 38.0 Å². The van der Waals surface area contributed by atoms with Crippen LogP contribution in [0.25, 0.3) is 0 Å². The lowest BCUT2D eigenvalue weighted by atomic mass is 9.66. The third-order valence-electron chi connectivity index (χ3n) is 5.94. The average molecular weight is 314 g/mol. The summed E-state index contributed by atoms with van der Waals surface area (Å²) in [4.78, 5) is 3.97. The second kappa shape index (κ2) is 7.95. The van der Waals surface area contributed by atoms with Gasteiger partial charge in [-0.05, 0) is 93.8 Å². The quantitative estimate of drug-likeness (QED) is 0.688. The molecule has 0 N–H and O–H groups in total. The fourth-order valence-electron chi connectivity index (χ4n) is 5.32. The summed E-state index contributed by atoms with van der Waals surface area (Å²) in [6.07, 6.45) is 9.12. The minimum absolute atomic E-state index is 0.430. The lowest BCUT2D eigenvalue weighted by Gasteiger charge is -2.41. The highest BCUT2D eigenvalue weighted by Crippen LogP contribution is 2.44. The molecular weight excluding hydrogens is 278 g/mol. The van der Waals surface area contributed by atoms with Gasteiger partial charge in [-0.3, -0.25) is 0 Å². The fourth-order valence-corrected chi connectivity index (χ4v) is 5.32. The minimum Gasteiger partial charge on any atom is -0.353 e. The average Bonchev–Trinajstić information content (AvgIpc) is 2.42. The Morgan fingerprint density at radius 2 is 1.00 bits per heavy atom. The predicted molar refractivity (Wildman–Crippen MR) is 102 cm³/mol. The first kappa shape index (κ1) is 19.4. The molecule has 2 saturated heterocycles. The van der Waals surface area contributed by atoms with Crippen LogP contribution in [0.2, 0.25) is 0 Å². The Kier molecular flexibility index (Phi) is 6.70. The molecule has 2 fully saturated rings. The Bertz CT molecular complexity index is 320. The molecule has 2 nitrogen and oxygen atoms in total. The van der Waals surface area contributed by atoms with Gasteiger partial charge in [-0.25, -0.2) is 0 Å². The molecule has 2 heterocycles. The zero-order valence-corrected chi connectivity index (χ0v) is 16.0. The maximum Gasteiger partial charge on any atom is 0.182 e. The van der Waals surface area contributed by atoms with Gasteiger partial charge in [-0.15, -0.1) is 0 Å². The lowest BCUT2D eigenvalue weighted by molar-refractivity contribution is 0.106. The number of hydrogen-bond donors (Lipinski definition) is 0. The summed E-state index contributed by atoms with van der Waals surface area (Å²) in [7, 11) is 11.8. The first-order valence-corrected chi connectivity index (χ1v) is 9.65. The number of hydrogen-bond acceptors (Lipinski definition) is 2. The first-order chi connectivity index (χ1) is 10.7. The van der Waals surface area contributed by atoms with Crippen LogP contribution in [0, 0.1) is 22.7 Å². The molecule has 2 aliphatic rings. The van der Waals surface area contributed by atoms with E-state index in [0.29, 0.717) is 10.8 Å². The van der Waals surface area contributed by atoms with Crippen LogP contribution in [0.15, 0.2) is 0 Å². The van der Waals surface area contributed by atoms with Crippen LogP contribution in [-0.2, 0) is 0 Å². The molecule has 0 spiro atoms. The third kappa shape index (κ3) is 6.82. The summed E-state index contributed by atoms with van der Waals surface area (Å²) in [6, 6.07) is 0. The van der Waals surface area contributed by atoms with Gasteiger partial charge in [0.25, 0.3) is 0 Å². The van der Waals surface area contributed by atoms with E-state index >= 15 is 0 Å². The molecule has 4 radical (unpaired) electrons. The van der Waals surface area contributed by atoms with Crippen LogP contribution in [0.1, 0.15) is 72.6 Å². The summed E-state index contributed by atoms with van der Waals surface area (Å²) >= 11 is 0. The van der Waals surface area contributed by atoms with E-state index in [-0.39, 0.29) is 0 Å². The van der Waals surface area contributed by atoms with Crippen LogP contribution >= 0.6 is 0 Å². The van der Waals surface area contributed by atoms with E-state index < -0.39 is 0 Å². The molecule has 0 amide bonds. The first-order valence-electron chi connectivity index (χ1n) is 9.65. The molecule has 0 unspecified atom stereocenters. The van der Waals surface area contributed by atoms with Crippen molar-refractivity contribution in [2.45, 2.75) is 72.6 Å². The highest BCUT2D eigenvalue weighted by molar-refractivity contribution is 6.04. The van der Waals surface area contributed by atoms with Crippen LogP contribution in [0.4, 0.5) is 0 Å². The lowest BCUT2D eigenvalue weighted by Crippen LogP contribution is -2.36. The van der Waals surface area contributed by atoms with Crippen molar-refractivity contribution in [3.8, 4) is 0 Å². The molecule has 0 aliphatic carbocycles. The van der Waals surface area contributed by atoms with Gasteiger partial charge in [-0.2, -0.15) is 0 Å². The maximum absolute atomic E-state index is 5.90. The Morgan fingerprint density at radius 3 is 1.30 bits per heavy atom. The Morgan fingerprint density at radius 1 is 0.696 bits per heavy atom. The van der Waals surface area contributed by atoms with E-state index in [1.807, 2.05) is 9.62 Å². The molecule has 0 bridgehead atoms. The van der Waals surface area contributed by atoms with Crippen molar-refractivity contribution in [3.63, 3.8) is 0 Å². The van der Waals surface area contributed by atoms with Crippen molar-refractivity contribution >= 4 is 16.0 Å². The predicted octanol–water partition coefficient (Wildman–Crippen LogP) is 3.80. The van der Waals surface area contributed by atoms with Crippen molar-refractivity contribution in [2.24, 2.45) is 22.7 Å². The molecule has 0 aromatic carbocycles. The van der Waals surface area contributed by atoms with Gasteiger partial charge in [0, 0.05) is 0 Å². The van der Waals surface area contributed by atoms with Gasteiger partial charge < -0.3 is 9.62 Å². The molecule has 23 heavy (non-hydrogen) atoms. The summed E-state index contributed by atoms with van der Waals surface area (Å²) in [5.74, 6) is 1.72. The largest absolute Gasteiger partial charge is 0.353 e. The zero-order chi connectivity index (χ0) is 17.1. The van der Waals surface area contributed by atoms with Crippen molar-refractivity contribution < 1.29 is 0 Å². The second-order valence-corrected chi connectivity index (χ2v) is 9.87. The number of nitrogens with zero attached hydrogens (tertiary/aromatic N) is 2. The van der Waals surface area contributed by atoms with Crippen molar-refractivity contribution in [1.82, 2.24) is 9.62 Å². The molecular formula is C19H36B2N2. The molecule has 0 saturated carbocycles. The second-order valence-electron chi connectivity index (χ2n) is 9.87. The third-order valence-corrected chi connectivity index (χ3v) is 5.94. The Balaban J connectivity index is 1.80. The summed E-state index contributed by atoms with van der Waals surface area (Å²) in [6.45, 7) is 14.2. The number of piperidine rings is 2. The molecule has 0 aromatic rings. The highest BCUT2D eigenvalue weighted by atomic mass is 15.0. The maximum atomic E-state index is 5.90. The minimum atomic E-state index is 0.430. The molecule has 0 aromatic heterocycles. The fraction of sp³-hybridized carbons (Fsp3) is 1.00. The molecule has 2 rings (SSSR count). The molecule has 4 heteroatoms. The molecule has 128 valence electrons. The van der Waals surface area contributed by atoms with E-state index in [2.05, 4.69) is 27.7 Å². The normalized spacial score (nSPS) is 24.2. The SMILES string of the molecule is [B]N1CCC(CC(C)(C)CC(C)(C)CC2CCN([B])CC2)CC1. The van der Waals surface area contributed by atoms with Gasteiger partial charge in [0.15, 0.2) is 16.0 Å². The van der Waals surface area contributed by atoms with E-state index in [4.69, 9.17) is 16.0 Å². The molecule has 0 atom stereocenters. The standard InChI is InChI=1S/C19H36B2N2/c1-18(2,13-16-5-9-22(20)10-6-16)15-19(3,4)14-17-7-11-23(21)12-8-17/h16-17H,5-15H2,1-4H3. The summed E-state index contributed by atoms with van der Waals surface area (Å²) in [5.41, 5.74) is 0.860. The summed E-state index contributed by atoms with van der Waals surface area (Å²) in [5, 5.41) is 0. The monoisotopic (exact) mass is 314 g/mol. The van der Waals surface area contributed by atoms with Crippen molar-refractivity contribution in [3.05, 3.63) is 0 Å². The van der Waals surface area contributed by atoms with Crippen LogP contribution in [0.3, 0.4) is 0 Å². The number of rotatable bonds is 6. The highest BCUT2D eigenvalue weighted by Gasteiger charge is 2.33. The van der Waals surface area contributed by atoms with Crippen LogP contribution < -0.4 is 0 Å². The Labute approximate surface area is 147 Å². The van der Waals surface area contributed by atoms with E-state index in [9.17, 15) is 0 Å². The van der Waals surface area contributed by atoms with E-state index in [1.54, 1.807) is 0 Å². The van der Waals surface area contributed by atoms with Gasteiger partial charge in [0.2, 0.25) is 0 Å². The summed E-state index contributed by atoms with van der Waals surface area (Å²) < 4.78 is 0. The van der Waals surface area contributed by atoms with E-state index in [1.165, 1.54) is 44.9 Å². The Hall–Kier alpha value is 0.0499. The van der Waals surface area contributed by atoms with Gasteiger partial charge in [0.1, 0.15) is 0 Å². The van der Waals surface area contributed by atoms with Crippen molar-refractivity contribution in [1.29, 1.82) is 0 Å². The smallest absolute Gasteiger partial charge is 0.182 e. The topological polar surface area (TPSA) is 6.48 Å². The molecule has 2 aliphatic heterocycles. The van der Waals surface area contributed by atoms with Gasteiger partial charge in [-0.1, -0.05) is 27.7 Å². The zero-order valence-electron chi connectivity index (χ0n) is 16.0. The van der Waals surface area contributed by atoms with Gasteiger partial charge >= 0.3 is 0 Å². The van der Waals surface area contributed by atoms with Gasteiger partial charge in [0.05, 0.1) is 0 Å². The van der Waals surface area contributed by atoms with Crippen LogP contribution in [-0.4, -0.2) is 51.8 Å².